The van der Waals surface area contributed by atoms with Crippen molar-refractivity contribution in [1.82, 2.24) is 0 Å². The number of aryl methyl sites for hydroxylation is 1. The molecule has 0 saturated carbocycles. The summed E-state index contributed by atoms with van der Waals surface area (Å²) in [6, 6.07) is 12.8. The Bertz CT molecular complexity index is 672. The second kappa shape index (κ2) is 6.06. The number of hydrogen-bond acceptors (Lipinski definition) is 3. The highest BCUT2D eigenvalue weighted by molar-refractivity contribution is 6.30. The molecule has 4 nitrogen and oxygen atoms in total. The van der Waals surface area contributed by atoms with Crippen LogP contribution in [-0.4, -0.2) is 12.7 Å². The minimum atomic E-state index is -0.0464. The SMILES string of the molecule is O=C(CCc1ccc2c(c1)OCO2)Nc1cccc(Cl)c1. The Morgan fingerprint density at radius 2 is 2.00 bits per heavy atom. The van der Waals surface area contributed by atoms with Gasteiger partial charge >= 0.3 is 0 Å². The summed E-state index contributed by atoms with van der Waals surface area (Å²) < 4.78 is 10.6. The van der Waals surface area contributed by atoms with E-state index in [0.717, 1.165) is 17.1 Å². The number of carbonyl (C=O) groups excluding carboxylic acids is 1. The Kier molecular flexibility index (Phi) is 3.97. The molecule has 2 aromatic rings. The maximum atomic E-state index is 11.9. The van der Waals surface area contributed by atoms with Crippen LogP contribution in [-0.2, 0) is 11.2 Å². The molecule has 0 radical (unpaired) electrons. The molecular weight excluding hydrogens is 290 g/mol. The Morgan fingerprint density at radius 3 is 2.86 bits per heavy atom. The first-order chi connectivity index (χ1) is 10.2. The van der Waals surface area contributed by atoms with Crippen molar-refractivity contribution in [2.75, 3.05) is 12.1 Å². The van der Waals surface area contributed by atoms with Crippen molar-refractivity contribution < 1.29 is 14.3 Å². The van der Waals surface area contributed by atoms with Crippen LogP contribution in [0.5, 0.6) is 11.5 Å². The number of hydrogen-bond donors (Lipinski definition) is 1. The molecule has 0 atom stereocenters. The van der Waals surface area contributed by atoms with E-state index >= 15 is 0 Å². The summed E-state index contributed by atoms with van der Waals surface area (Å²) in [6.45, 7) is 0.258. The Labute approximate surface area is 127 Å². The lowest BCUT2D eigenvalue weighted by atomic mass is 10.1. The Hall–Kier alpha value is -2.20. The molecule has 0 spiro atoms. The summed E-state index contributed by atoms with van der Waals surface area (Å²) in [5.41, 5.74) is 1.75. The van der Waals surface area contributed by atoms with Gasteiger partial charge in [-0.1, -0.05) is 23.7 Å². The third-order valence-electron chi connectivity index (χ3n) is 3.19. The molecule has 21 heavy (non-hydrogen) atoms. The monoisotopic (exact) mass is 303 g/mol. The van der Waals surface area contributed by atoms with Crippen LogP contribution in [0.15, 0.2) is 42.5 Å². The van der Waals surface area contributed by atoms with Crippen molar-refractivity contribution >= 4 is 23.2 Å². The van der Waals surface area contributed by atoms with Crippen LogP contribution in [0.3, 0.4) is 0 Å². The first kappa shape index (κ1) is 13.8. The number of rotatable bonds is 4. The maximum Gasteiger partial charge on any atom is 0.231 e. The fourth-order valence-corrected chi connectivity index (χ4v) is 2.33. The first-order valence-electron chi connectivity index (χ1n) is 6.65. The van der Waals surface area contributed by atoms with E-state index in [4.69, 9.17) is 21.1 Å². The van der Waals surface area contributed by atoms with Crippen molar-refractivity contribution in [3.05, 3.63) is 53.1 Å². The maximum absolute atomic E-state index is 11.9. The van der Waals surface area contributed by atoms with Crippen LogP contribution in [0.4, 0.5) is 5.69 Å². The molecule has 1 N–H and O–H groups in total. The lowest BCUT2D eigenvalue weighted by Gasteiger charge is -2.06. The summed E-state index contributed by atoms with van der Waals surface area (Å²) >= 11 is 5.88. The highest BCUT2D eigenvalue weighted by Gasteiger charge is 2.13. The van der Waals surface area contributed by atoms with E-state index in [2.05, 4.69) is 5.32 Å². The quantitative estimate of drug-likeness (QED) is 0.938. The van der Waals surface area contributed by atoms with E-state index < -0.39 is 0 Å². The normalized spacial score (nSPS) is 12.2. The summed E-state index contributed by atoms with van der Waals surface area (Å²) in [5, 5.41) is 3.43. The minimum Gasteiger partial charge on any atom is -0.454 e. The Morgan fingerprint density at radius 1 is 1.14 bits per heavy atom. The zero-order chi connectivity index (χ0) is 14.7. The highest BCUT2D eigenvalue weighted by Crippen LogP contribution is 2.32. The van der Waals surface area contributed by atoms with Crippen LogP contribution in [0, 0.1) is 0 Å². The fourth-order valence-electron chi connectivity index (χ4n) is 2.14. The van der Waals surface area contributed by atoms with E-state index in [-0.39, 0.29) is 12.7 Å². The van der Waals surface area contributed by atoms with E-state index in [1.807, 2.05) is 24.3 Å². The third kappa shape index (κ3) is 3.47. The van der Waals surface area contributed by atoms with Crippen LogP contribution in [0.2, 0.25) is 5.02 Å². The molecule has 2 aromatic carbocycles. The zero-order valence-electron chi connectivity index (χ0n) is 11.3. The molecule has 0 unspecified atom stereocenters. The zero-order valence-corrected chi connectivity index (χ0v) is 12.0. The second-order valence-corrected chi connectivity index (χ2v) is 5.18. The van der Waals surface area contributed by atoms with E-state index in [1.165, 1.54) is 0 Å². The topological polar surface area (TPSA) is 47.6 Å². The van der Waals surface area contributed by atoms with E-state index in [0.29, 0.717) is 23.6 Å². The van der Waals surface area contributed by atoms with Crippen molar-refractivity contribution in [2.24, 2.45) is 0 Å². The lowest BCUT2D eigenvalue weighted by molar-refractivity contribution is -0.116. The molecule has 5 heteroatoms. The van der Waals surface area contributed by atoms with Gasteiger partial charge in [0.15, 0.2) is 11.5 Å². The van der Waals surface area contributed by atoms with Gasteiger partial charge < -0.3 is 14.8 Å². The molecular formula is C16H14ClNO3. The number of fused-ring (bicyclic) bond motifs is 1. The third-order valence-corrected chi connectivity index (χ3v) is 3.42. The first-order valence-corrected chi connectivity index (χ1v) is 7.02. The largest absolute Gasteiger partial charge is 0.454 e. The number of ether oxygens (including phenoxy) is 2. The van der Waals surface area contributed by atoms with Gasteiger partial charge in [0.2, 0.25) is 12.7 Å². The number of carbonyl (C=O) groups is 1. The number of benzene rings is 2. The fraction of sp³-hybridized carbons (Fsp3) is 0.188. The molecule has 0 fully saturated rings. The molecule has 0 bridgehead atoms. The van der Waals surface area contributed by atoms with Gasteiger partial charge in [-0.3, -0.25) is 4.79 Å². The number of halogens is 1. The standard InChI is InChI=1S/C16H14ClNO3/c17-12-2-1-3-13(9-12)18-16(19)7-5-11-4-6-14-15(8-11)21-10-20-14/h1-4,6,8-9H,5,7,10H2,(H,18,19). The molecule has 0 aliphatic carbocycles. The van der Waals surface area contributed by atoms with Gasteiger partial charge in [0.25, 0.3) is 0 Å². The number of nitrogens with one attached hydrogen (secondary N) is 1. The summed E-state index contributed by atoms with van der Waals surface area (Å²) in [6.07, 6.45) is 1.04. The van der Waals surface area contributed by atoms with Gasteiger partial charge in [0.05, 0.1) is 0 Å². The van der Waals surface area contributed by atoms with Gasteiger partial charge in [0, 0.05) is 17.1 Å². The van der Waals surface area contributed by atoms with Crippen molar-refractivity contribution in [1.29, 1.82) is 0 Å². The predicted molar refractivity (Wildman–Crippen MR) is 81.0 cm³/mol. The molecule has 1 heterocycles. The molecule has 3 rings (SSSR count). The average molecular weight is 304 g/mol. The van der Waals surface area contributed by atoms with Gasteiger partial charge in [0.1, 0.15) is 0 Å². The van der Waals surface area contributed by atoms with Gasteiger partial charge in [-0.25, -0.2) is 0 Å². The molecule has 1 aliphatic heterocycles. The van der Waals surface area contributed by atoms with Crippen molar-refractivity contribution in [2.45, 2.75) is 12.8 Å². The minimum absolute atomic E-state index is 0.0464. The van der Waals surface area contributed by atoms with Crippen molar-refractivity contribution in [3.63, 3.8) is 0 Å². The summed E-state index contributed by atoms with van der Waals surface area (Å²) in [4.78, 5) is 11.9. The van der Waals surface area contributed by atoms with Crippen molar-refractivity contribution in [3.8, 4) is 11.5 Å². The van der Waals surface area contributed by atoms with Crippen LogP contribution in [0.25, 0.3) is 0 Å². The number of anilines is 1. The molecule has 108 valence electrons. The van der Waals surface area contributed by atoms with Crippen LogP contribution < -0.4 is 14.8 Å². The van der Waals surface area contributed by atoms with Gasteiger partial charge in [-0.2, -0.15) is 0 Å². The average Bonchev–Trinajstić information content (AvgIpc) is 2.92. The van der Waals surface area contributed by atoms with E-state index in [9.17, 15) is 4.79 Å². The second-order valence-electron chi connectivity index (χ2n) is 4.75. The smallest absolute Gasteiger partial charge is 0.231 e. The predicted octanol–water partition coefficient (Wildman–Crippen LogP) is 3.64. The molecule has 1 amide bonds. The van der Waals surface area contributed by atoms with E-state index in [1.54, 1.807) is 18.2 Å². The van der Waals surface area contributed by atoms with Gasteiger partial charge in [-0.15, -0.1) is 0 Å². The molecule has 1 aliphatic rings. The Balaban J connectivity index is 1.56. The summed E-state index contributed by atoms with van der Waals surface area (Å²) in [7, 11) is 0. The van der Waals surface area contributed by atoms with Gasteiger partial charge in [-0.05, 0) is 42.3 Å². The van der Waals surface area contributed by atoms with Crippen LogP contribution in [0.1, 0.15) is 12.0 Å². The molecule has 0 aromatic heterocycles. The van der Waals surface area contributed by atoms with Crippen LogP contribution >= 0.6 is 11.6 Å². The highest BCUT2D eigenvalue weighted by atomic mass is 35.5. The summed E-state index contributed by atoms with van der Waals surface area (Å²) in [5.74, 6) is 1.44. The number of amides is 1. The lowest BCUT2D eigenvalue weighted by Crippen LogP contribution is -2.12. The molecule has 0 saturated heterocycles.